The summed E-state index contributed by atoms with van der Waals surface area (Å²) < 4.78 is 16.2. The van der Waals surface area contributed by atoms with E-state index in [1.54, 1.807) is 36.4 Å². The van der Waals surface area contributed by atoms with Crippen LogP contribution in [0, 0.1) is 0 Å². The summed E-state index contributed by atoms with van der Waals surface area (Å²) in [6.45, 7) is 4.88. The number of benzene rings is 3. The Morgan fingerprint density at radius 2 is 1.63 bits per heavy atom. The lowest BCUT2D eigenvalue weighted by molar-refractivity contribution is 0.0734. The van der Waals surface area contributed by atoms with Crippen molar-refractivity contribution in [2.45, 2.75) is 13.8 Å². The Kier molecular flexibility index (Phi) is 7.05. The Labute approximate surface area is 175 Å². The van der Waals surface area contributed by atoms with E-state index in [1.165, 1.54) is 12.3 Å². The van der Waals surface area contributed by atoms with Crippen LogP contribution in [0.5, 0.6) is 23.0 Å². The summed E-state index contributed by atoms with van der Waals surface area (Å²) in [5.74, 6) is 1.00. The standard InChI is InChI=1S/C24H23NO5/c1-3-28-19-12-9-17(10-13-19)24(27)30-20-14-11-18(22(26)15-20)16-25-21-7-5-6-8-23(21)29-4-2/h5-16,26H,3-4H2,1-2H3. The molecule has 0 heterocycles. The monoisotopic (exact) mass is 405 g/mol. The zero-order valence-electron chi connectivity index (χ0n) is 16.9. The average molecular weight is 405 g/mol. The van der Waals surface area contributed by atoms with Crippen LogP contribution in [0.25, 0.3) is 0 Å². The fraction of sp³-hybridized carbons (Fsp3) is 0.167. The van der Waals surface area contributed by atoms with E-state index < -0.39 is 5.97 Å². The van der Waals surface area contributed by atoms with Gasteiger partial charge in [0.25, 0.3) is 0 Å². The maximum Gasteiger partial charge on any atom is 0.343 e. The third-order valence-electron chi connectivity index (χ3n) is 4.12. The minimum absolute atomic E-state index is 0.0513. The molecular weight excluding hydrogens is 382 g/mol. The summed E-state index contributed by atoms with van der Waals surface area (Å²) in [6.07, 6.45) is 1.53. The van der Waals surface area contributed by atoms with Gasteiger partial charge in [0.15, 0.2) is 0 Å². The third-order valence-corrected chi connectivity index (χ3v) is 4.12. The Balaban J connectivity index is 1.70. The van der Waals surface area contributed by atoms with Crippen molar-refractivity contribution >= 4 is 17.9 Å². The predicted octanol–water partition coefficient (Wildman–Crippen LogP) is 5.16. The maximum absolute atomic E-state index is 12.3. The van der Waals surface area contributed by atoms with Gasteiger partial charge in [-0.3, -0.25) is 4.99 Å². The normalized spacial score (nSPS) is 10.7. The van der Waals surface area contributed by atoms with Crippen molar-refractivity contribution in [3.63, 3.8) is 0 Å². The lowest BCUT2D eigenvalue weighted by Crippen LogP contribution is -2.08. The van der Waals surface area contributed by atoms with Crippen LogP contribution in [-0.2, 0) is 0 Å². The summed E-state index contributed by atoms with van der Waals surface area (Å²) in [6, 6.07) is 18.7. The summed E-state index contributed by atoms with van der Waals surface area (Å²) in [7, 11) is 0. The first-order valence-electron chi connectivity index (χ1n) is 9.64. The van der Waals surface area contributed by atoms with Gasteiger partial charge in [0, 0.05) is 17.8 Å². The number of phenols is 1. The molecule has 3 aromatic rings. The number of aliphatic imine (C=N–C) groups is 1. The van der Waals surface area contributed by atoms with E-state index in [9.17, 15) is 9.90 Å². The highest BCUT2D eigenvalue weighted by Crippen LogP contribution is 2.28. The minimum atomic E-state index is -0.524. The van der Waals surface area contributed by atoms with Crippen molar-refractivity contribution in [2.24, 2.45) is 4.99 Å². The third kappa shape index (κ3) is 5.38. The van der Waals surface area contributed by atoms with Crippen LogP contribution in [0.4, 0.5) is 5.69 Å². The van der Waals surface area contributed by atoms with E-state index in [1.807, 2.05) is 38.1 Å². The molecule has 30 heavy (non-hydrogen) atoms. The lowest BCUT2D eigenvalue weighted by Gasteiger charge is -2.08. The molecule has 0 aliphatic carbocycles. The van der Waals surface area contributed by atoms with Gasteiger partial charge in [0.2, 0.25) is 0 Å². The molecule has 0 bridgehead atoms. The molecule has 0 saturated carbocycles. The van der Waals surface area contributed by atoms with E-state index >= 15 is 0 Å². The summed E-state index contributed by atoms with van der Waals surface area (Å²) in [4.78, 5) is 16.7. The molecule has 0 aliphatic rings. The van der Waals surface area contributed by atoms with Gasteiger partial charge in [-0.1, -0.05) is 12.1 Å². The Morgan fingerprint density at radius 3 is 2.33 bits per heavy atom. The predicted molar refractivity (Wildman–Crippen MR) is 116 cm³/mol. The fourth-order valence-electron chi connectivity index (χ4n) is 2.70. The minimum Gasteiger partial charge on any atom is -0.507 e. The van der Waals surface area contributed by atoms with Gasteiger partial charge < -0.3 is 19.3 Å². The van der Waals surface area contributed by atoms with Crippen molar-refractivity contribution in [2.75, 3.05) is 13.2 Å². The number of esters is 1. The van der Waals surface area contributed by atoms with Crippen LogP contribution < -0.4 is 14.2 Å². The number of carbonyl (C=O) groups excluding carboxylic acids is 1. The number of phenolic OH excluding ortho intramolecular Hbond substituents is 1. The number of carbonyl (C=O) groups is 1. The number of aromatic hydroxyl groups is 1. The number of hydrogen-bond donors (Lipinski definition) is 1. The van der Waals surface area contributed by atoms with Gasteiger partial charge in [0.05, 0.1) is 18.8 Å². The molecule has 0 fully saturated rings. The zero-order valence-corrected chi connectivity index (χ0v) is 16.9. The second-order valence-electron chi connectivity index (χ2n) is 6.23. The van der Waals surface area contributed by atoms with Gasteiger partial charge >= 0.3 is 5.97 Å². The first-order valence-corrected chi connectivity index (χ1v) is 9.64. The molecule has 3 rings (SSSR count). The van der Waals surface area contributed by atoms with E-state index in [2.05, 4.69) is 4.99 Å². The van der Waals surface area contributed by atoms with Gasteiger partial charge in [-0.2, -0.15) is 0 Å². The van der Waals surface area contributed by atoms with Crippen LogP contribution in [-0.4, -0.2) is 30.5 Å². The smallest absolute Gasteiger partial charge is 0.343 e. The van der Waals surface area contributed by atoms with Gasteiger partial charge in [-0.15, -0.1) is 0 Å². The maximum atomic E-state index is 12.3. The SMILES string of the molecule is CCOc1ccc(C(=O)Oc2ccc(C=Nc3ccccc3OCC)c(O)c2)cc1. The highest BCUT2D eigenvalue weighted by Gasteiger charge is 2.10. The van der Waals surface area contributed by atoms with Gasteiger partial charge in [0.1, 0.15) is 28.7 Å². The van der Waals surface area contributed by atoms with E-state index in [-0.39, 0.29) is 11.5 Å². The van der Waals surface area contributed by atoms with E-state index in [0.717, 1.165) is 0 Å². The Morgan fingerprint density at radius 1 is 0.933 bits per heavy atom. The molecule has 3 aromatic carbocycles. The van der Waals surface area contributed by atoms with Crippen molar-refractivity contribution in [3.05, 3.63) is 77.9 Å². The highest BCUT2D eigenvalue weighted by atomic mass is 16.5. The number of nitrogens with zero attached hydrogens (tertiary/aromatic N) is 1. The topological polar surface area (TPSA) is 77.4 Å². The average Bonchev–Trinajstić information content (AvgIpc) is 2.75. The molecule has 0 atom stereocenters. The summed E-state index contributed by atoms with van der Waals surface area (Å²) in [5, 5.41) is 10.3. The van der Waals surface area contributed by atoms with Crippen LogP contribution in [0.15, 0.2) is 71.7 Å². The Hall–Kier alpha value is -3.80. The largest absolute Gasteiger partial charge is 0.507 e. The summed E-state index contributed by atoms with van der Waals surface area (Å²) in [5.41, 5.74) is 1.53. The second kappa shape index (κ2) is 10.1. The molecule has 0 unspecified atom stereocenters. The molecule has 0 aliphatic heterocycles. The number of rotatable bonds is 8. The van der Waals surface area contributed by atoms with E-state index in [4.69, 9.17) is 14.2 Å². The lowest BCUT2D eigenvalue weighted by atomic mass is 10.2. The van der Waals surface area contributed by atoms with Crippen LogP contribution >= 0.6 is 0 Å². The second-order valence-corrected chi connectivity index (χ2v) is 6.23. The van der Waals surface area contributed by atoms with Crippen molar-refractivity contribution < 1.29 is 24.1 Å². The molecule has 0 saturated heterocycles. The molecule has 0 aromatic heterocycles. The molecule has 0 radical (unpaired) electrons. The molecular formula is C24H23NO5. The molecule has 0 amide bonds. The van der Waals surface area contributed by atoms with Crippen LogP contribution in [0.2, 0.25) is 0 Å². The van der Waals surface area contributed by atoms with Crippen molar-refractivity contribution in [3.8, 4) is 23.0 Å². The van der Waals surface area contributed by atoms with Crippen molar-refractivity contribution in [1.82, 2.24) is 0 Å². The van der Waals surface area contributed by atoms with Gasteiger partial charge in [-0.05, 0) is 62.4 Å². The fourth-order valence-corrected chi connectivity index (χ4v) is 2.70. The zero-order chi connectivity index (χ0) is 21.3. The molecule has 6 nitrogen and oxygen atoms in total. The van der Waals surface area contributed by atoms with Crippen molar-refractivity contribution in [1.29, 1.82) is 0 Å². The molecule has 154 valence electrons. The number of hydrogen-bond acceptors (Lipinski definition) is 6. The quantitative estimate of drug-likeness (QED) is 0.318. The number of ether oxygens (including phenoxy) is 3. The summed E-state index contributed by atoms with van der Waals surface area (Å²) >= 11 is 0. The van der Waals surface area contributed by atoms with Crippen LogP contribution in [0.1, 0.15) is 29.8 Å². The Bertz CT molecular complexity index is 1030. The molecule has 6 heteroatoms. The highest BCUT2D eigenvalue weighted by molar-refractivity contribution is 5.91. The first kappa shape index (κ1) is 20.9. The van der Waals surface area contributed by atoms with E-state index in [0.29, 0.717) is 41.5 Å². The molecule has 1 N–H and O–H groups in total. The first-order chi connectivity index (χ1) is 14.6. The molecule has 0 spiro atoms. The van der Waals surface area contributed by atoms with Crippen LogP contribution in [0.3, 0.4) is 0 Å². The van der Waals surface area contributed by atoms with Gasteiger partial charge in [-0.25, -0.2) is 4.79 Å². The number of para-hydroxylation sites is 2.